The van der Waals surface area contributed by atoms with Crippen LogP contribution in [-0.4, -0.2) is 21.9 Å². The first-order chi connectivity index (χ1) is 6.65. The predicted molar refractivity (Wildman–Crippen MR) is 59.2 cm³/mol. The van der Waals surface area contributed by atoms with Gasteiger partial charge in [-0.2, -0.15) is 0 Å². The van der Waals surface area contributed by atoms with Gasteiger partial charge in [-0.05, 0) is 13.0 Å². The number of pyridine rings is 1. The van der Waals surface area contributed by atoms with Gasteiger partial charge in [0.25, 0.3) is 0 Å². The average molecular weight is 212 g/mol. The molecule has 1 aromatic rings. The third kappa shape index (κ3) is 2.97. The second-order valence-corrected chi connectivity index (χ2v) is 4.72. The quantitative estimate of drug-likeness (QED) is 0.744. The maximum atomic E-state index is 8.95. The lowest BCUT2D eigenvalue weighted by Gasteiger charge is -2.13. The highest BCUT2D eigenvalue weighted by Crippen LogP contribution is 2.27. The van der Waals surface area contributed by atoms with E-state index in [9.17, 15) is 0 Å². The summed E-state index contributed by atoms with van der Waals surface area (Å²) in [7, 11) is 0. The number of hydrogen-bond acceptors (Lipinski definition) is 4. The van der Waals surface area contributed by atoms with Gasteiger partial charge in [-0.1, -0.05) is 13.0 Å². The van der Waals surface area contributed by atoms with Gasteiger partial charge >= 0.3 is 0 Å². The van der Waals surface area contributed by atoms with Gasteiger partial charge < -0.3 is 10.8 Å². The van der Waals surface area contributed by atoms with E-state index in [-0.39, 0.29) is 17.9 Å². The van der Waals surface area contributed by atoms with Crippen LogP contribution in [0.2, 0.25) is 0 Å². The van der Waals surface area contributed by atoms with Crippen LogP contribution in [-0.2, 0) is 0 Å². The fraction of sp³-hybridized carbons (Fsp3) is 0.500. The molecule has 1 heterocycles. The number of aliphatic hydroxyl groups is 1. The van der Waals surface area contributed by atoms with Gasteiger partial charge in [-0.15, -0.1) is 11.8 Å². The van der Waals surface area contributed by atoms with Crippen LogP contribution < -0.4 is 5.73 Å². The van der Waals surface area contributed by atoms with E-state index in [2.05, 4.69) is 4.98 Å². The molecule has 3 N–H and O–H groups in total. The lowest BCUT2D eigenvalue weighted by molar-refractivity contribution is 0.300. The van der Waals surface area contributed by atoms with Gasteiger partial charge in [0.15, 0.2) is 0 Å². The molecule has 2 atom stereocenters. The van der Waals surface area contributed by atoms with Crippen molar-refractivity contribution in [2.75, 3.05) is 6.61 Å². The van der Waals surface area contributed by atoms with Crippen molar-refractivity contribution in [3.05, 3.63) is 23.9 Å². The zero-order valence-corrected chi connectivity index (χ0v) is 9.29. The molecule has 0 aliphatic rings. The molecule has 0 saturated heterocycles. The van der Waals surface area contributed by atoms with Crippen molar-refractivity contribution in [1.82, 2.24) is 4.98 Å². The van der Waals surface area contributed by atoms with E-state index < -0.39 is 0 Å². The Hall–Kier alpha value is -0.580. The predicted octanol–water partition coefficient (Wildman–Crippen LogP) is 1.57. The summed E-state index contributed by atoms with van der Waals surface area (Å²) in [4.78, 5) is 4.26. The van der Waals surface area contributed by atoms with Gasteiger partial charge in [-0.3, -0.25) is 0 Å². The Morgan fingerprint density at radius 3 is 2.86 bits per heavy atom. The van der Waals surface area contributed by atoms with Crippen molar-refractivity contribution >= 4 is 11.8 Å². The summed E-state index contributed by atoms with van der Waals surface area (Å²) in [5, 5.41) is 10.0. The highest BCUT2D eigenvalue weighted by Gasteiger charge is 2.10. The van der Waals surface area contributed by atoms with Crippen LogP contribution in [0.3, 0.4) is 0 Å². The third-order valence-corrected chi connectivity index (χ3v) is 2.98. The van der Waals surface area contributed by atoms with Gasteiger partial charge in [0.2, 0.25) is 0 Å². The molecule has 4 heteroatoms. The number of nitrogens with zero attached hydrogens (tertiary/aromatic N) is 1. The molecule has 0 spiro atoms. The monoisotopic (exact) mass is 212 g/mol. The Kier molecular flexibility index (Phi) is 4.38. The number of aliphatic hydroxyl groups excluding tert-OH is 1. The number of thioether (sulfide) groups is 1. The normalized spacial score (nSPS) is 15.1. The minimum Gasteiger partial charge on any atom is -0.395 e. The lowest BCUT2D eigenvalue weighted by atomic mass is 10.2. The molecule has 0 aliphatic carbocycles. The first kappa shape index (κ1) is 11.5. The lowest BCUT2D eigenvalue weighted by Crippen LogP contribution is -2.09. The first-order valence-corrected chi connectivity index (χ1v) is 5.51. The van der Waals surface area contributed by atoms with E-state index in [4.69, 9.17) is 10.8 Å². The van der Waals surface area contributed by atoms with E-state index in [0.29, 0.717) is 0 Å². The van der Waals surface area contributed by atoms with Gasteiger partial charge in [0.05, 0.1) is 6.61 Å². The summed E-state index contributed by atoms with van der Waals surface area (Å²) in [5.74, 6) is 0. The SMILES string of the molecule is CC(CO)Sc1ncccc1C(C)N. The molecule has 0 aromatic carbocycles. The molecule has 1 rings (SSSR count). The highest BCUT2D eigenvalue weighted by molar-refractivity contribution is 7.99. The van der Waals surface area contributed by atoms with Crippen LogP contribution in [0.4, 0.5) is 0 Å². The topological polar surface area (TPSA) is 59.1 Å². The second-order valence-electron chi connectivity index (χ2n) is 3.30. The molecule has 14 heavy (non-hydrogen) atoms. The molecule has 78 valence electrons. The minimum absolute atomic E-state index is 0.0166. The van der Waals surface area contributed by atoms with Crippen LogP contribution in [0.5, 0.6) is 0 Å². The van der Waals surface area contributed by atoms with Crippen molar-refractivity contribution in [2.24, 2.45) is 5.73 Å². The molecule has 0 aliphatic heterocycles. The molecular formula is C10H16N2OS. The minimum atomic E-state index is -0.0166. The van der Waals surface area contributed by atoms with Gasteiger partial charge in [0.1, 0.15) is 5.03 Å². The summed E-state index contributed by atoms with van der Waals surface area (Å²) in [6, 6.07) is 3.84. The molecule has 0 saturated carbocycles. The standard InChI is InChI=1S/C10H16N2OS/c1-7(6-13)14-10-9(8(2)11)4-3-5-12-10/h3-5,7-8,13H,6,11H2,1-2H3. The Morgan fingerprint density at radius 1 is 1.57 bits per heavy atom. The fourth-order valence-corrected chi connectivity index (χ4v) is 2.04. The van der Waals surface area contributed by atoms with E-state index in [1.165, 1.54) is 0 Å². The summed E-state index contributed by atoms with van der Waals surface area (Å²) < 4.78 is 0. The van der Waals surface area contributed by atoms with Crippen molar-refractivity contribution in [3.8, 4) is 0 Å². The number of aromatic nitrogens is 1. The van der Waals surface area contributed by atoms with Crippen LogP contribution >= 0.6 is 11.8 Å². The maximum Gasteiger partial charge on any atom is 0.101 e. The Morgan fingerprint density at radius 2 is 2.29 bits per heavy atom. The Labute approximate surface area is 88.7 Å². The summed E-state index contributed by atoms with van der Waals surface area (Å²) in [6.07, 6.45) is 1.75. The molecule has 1 aromatic heterocycles. The number of rotatable bonds is 4. The van der Waals surface area contributed by atoms with Gasteiger partial charge in [-0.25, -0.2) is 4.98 Å². The van der Waals surface area contributed by atoms with Gasteiger partial charge in [0, 0.05) is 23.1 Å². The van der Waals surface area contributed by atoms with Crippen LogP contribution in [0.25, 0.3) is 0 Å². The maximum absolute atomic E-state index is 8.95. The smallest absolute Gasteiger partial charge is 0.101 e. The highest BCUT2D eigenvalue weighted by atomic mass is 32.2. The summed E-state index contributed by atoms with van der Waals surface area (Å²) in [5.41, 5.74) is 6.86. The van der Waals surface area contributed by atoms with E-state index in [0.717, 1.165) is 10.6 Å². The molecule has 0 fully saturated rings. The van der Waals surface area contributed by atoms with Crippen LogP contribution in [0.15, 0.2) is 23.4 Å². The molecule has 0 bridgehead atoms. The summed E-state index contributed by atoms with van der Waals surface area (Å²) >= 11 is 1.56. The van der Waals surface area contributed by atoms with Crippen molar-refractivity contribution in [3.63, 3.8) is 0 Å². The Balaban J connectivity index is 2.84. The second kappa shape index (κ2) is 5.34. The largest absolute Gasteiger partial charge is 0.395 e. The van der Waals surface area contributed by atoms with E-state index in [1.807, 2.05) is 26.0 Å². The summed E-state index contributed by atoms with van der Waals surface area (Å²) in [6.45, 7) is 4.05. The van der Waals surface area contributed by atoms with Crippen molar-refractivity contribution in [2.45, 2.75) is 30.2 Å². The average Bonchev–Trinajstić information content (AvgIpc) is 2.18. The molecule has 0 radical (unpaired) electrons. The third-order valence-electron chi connectivity index (χ3n) is 1.86. The number of nitrogens with two attached hydrogens (primary N) is 1. The number of hydrogen-bond donors (Lipinski definition) is 2. The zero-order chi connectivity index (χ0) is 10.6. The van der Waals surface area contributed by atoms with E-state index in [1.54, 1.807) is 18.0 Å². The van der Waals surface area contributed by atoms with Crippen molar-refractivity contribution < 1.29 is 5.11 Å². The zero-order valence-electron chi connectivity index (χ0n) is 8.47. The molecular weight excluding hydrogens is 196 g/mol. The van der Waals surface area contributed by atoms with Crippen LogP contribution in [0, 0.1) is 0 Å². The molecule has 2 unspecified atom stereocenters. The van der Waals surface area contributed by atoms with Crippen molar-refractivity contribution in [1.29, 1.82) is 0 Å². The van der Waals surface area contributed by atoms with E-state index >= 15 is 0 Å². The molecule has 3 nitrogen and oxygen atoms in total. The Bertz CT molecular complexity index is 291. The van der Waals surface area contributed by atoms with Crippen LogP contribution in [0.1, 0.15) is 25.5 Å². The fourth-order valence-electron chi connectivity index (χ4n) is 1.08. The first-order valence-electron chi connectivity index (χ1n) is 4.63. The molecule has 0 amide bonds.